The van der Waals surface area contributed by atoms with Crippen molar-refractivity contribution in [1.29, 1.82) is 0 Å². The molecule has 2 atom stereocenters. The zero-order valence-corrected chi connectivity index (χ0v) is 11.6. The molecule has 0 aliphatic carbocycles. The average Bonchev–Trinajstić information content (AvgIpc) is 2.67. The number of nitrogens with zero attached hydrogens (tertiary/aromatic N) is 1. The number of nitrogens with one attached hydrogen (secondary N) is 1. The summed E-state index contributed by atoms with van der Waals surface area (Å²) in [5.74, 6) is 0.272. The number of amides is 1. The molecule has 0 radical (unpaired) electrons. The molecule has 19 heavy (non-hydrogen) atoms. The molecule has 1 saturated heterocycles. The van der Waals surface area contributed by atoms with Crippen LogP contribution in [0.15, 0.2) is 24.3 Å². The second kappa shape index (κ2) is 6.17. The Morgan fingerprint density at radius 2 is 2.16 bits per heavy atom. The molecule has 104 valence electrons. The van der Waals surface area contributed by atoms with Crippen LogP contribution in [0.3, 0.4) is 0 Å². The molecule has 2 rings (SSSR count). The van der Waals surface area contributed by atoms with Crippen molar-refractivity contribution in [2.45, 2.75) is 26.5 Å². The minimum absolute atomic E-state index is 0.0181. The van der Waals surface area contributed by atoms with Crippen molar-refractivity contribution in [3.63, 3.8) is 0 Å². The van der Waals surface area contributed by atoms with Crippen LogP contribution in [0.4, 0.5) is 0 Å². The normalized spacial score (nSPS) is 23.5. The van der Waals surface area contributed by atoms with Crippen molar-refractivity contribution >= 4 is 5.91 Å². The number of aryl methyl sites for hydroxylation is 1. The van der Waals surface area contributed by atoms with Crippen molar-refractivity contribution in [1.82, 2.24) is 10.2 Å². The van der Waals surface area contributed by atoms with Gasteiger partial charge < -0.3 is 10.4 Å². The lowest BCUT2D eigenvalue weighted by atomic mass is 10.1. The number of aliphatic hydroxyl groups is 1. The van der Waals surface area contributed by atoms with Gasteiger partial charge in [-0.1, -0.05) is 31.2 Å². The Balaban J connectivity index is 1.78. The van der Waals surface area contributed by atoms with Gasteiger partial charge in [-0.25, -0.2) is 0 Å². The van der Waals surface area contributed by atoms with Crippen LogP contribution >= 0.6 is 0 Å². The first kappa shape index (κ1) is 14.0. The summed E-state index contributed by atoms with van der Waals surface area (Å²) >= 11 is 0. The summed E-state index contributed by atoms with van der Waals surface area (Å²) in [4.78, 5) is 13.9. The number of β-amino-alcohol motifs (C(OH)–C–C–N with tert-alkyl or cyclic N) is 1. The third-order valence-corrected chi connectivity index (χ3v) is 3.75. The van der Waals surface area contributed by atoms with Crippen LogP contribution in [0.1, 0.15) is 18.1 Å². The molecule has 1 aliphatic rings. The van der Waals surface area contributed by atoms with Gasteiger partial charge in [-0.2, -0.15) is 0 Å². The van der Waals surface area contributed by atoms with Crippen molar-refractivity contribution in [2.24, 2.45) is 5.92 Å². The van der Waals surface area contributed by atoms with Gasteiger partial charge in [0, 0.05) is 19.6 Å². The minimum atomic E-state index is -0.302. The van der Waals surface area contributed by atoms with E-state index in [1.165, 1.54) is 5.56 Å². The summed E-state index contributed by atoms with van der Waals surface area (Å²) in [6.45, 7) is 6.37. The second-order valence-electron chi connectivity index (χ2n) is 5.44. The Kier molecular flexibility index (Phi) is 4.56. The van der Waals surface area contributed by atoms with Crippen molar-refractivity contribution in [3.05, 3.63) is 35.4 Å². The van der Waals surface area contributed by atoms with E-state index < -0.39 is 0 Å². The van der Waals surface area contributed by atoms with Crippen molar-refractivity contribution in [2.75, 3.05) is 19.6 Å². The first-order valence-corrected chi connectivity index (χ1v) is 6.78. The van der Waals surface area contributed by atoms with Crippen LogP contribution < -0.4 is 5.32 Å². The first-order chi connectivity index (χ1) is 9.06. The summed E-state index contributed by atoms with van der Waals surface area (Å²) in [5, 5.41) is 12.6. The molecular weight excluding hydrogens is 240 g/mol. The fraction of sp³-hybridized carbons (Fsp3) is 0.533. The zero-order valence-electron chi connectivity index (χ0n) is 11.6. The highest BCUT2D eigenvalue weighted by atomic mass is 16.3. The third kappa shape index (κ3) is 3.78. The van der Waals surface area contributed by atoms with Gasteiger partial charge in [0.1, 0.15) is 0 Å². The molecule has 0 unspecified atom stereocenters. The smallest absolute Gasteiger partial charge is 0.234 e. The Morgan fingerprint density at radius 1 is 1.42 bits per heavy atom. The van der Waals surface area contributed by atoms with E-state index in [9.17, 15) is 9.90 Å². The molecule has 4 nitrogen and oxygen atoms in total. The van der Waals surface area contributed by atoms with Crippen LogP contribution in [-0.4, -0.2) is 41.7 Å². The summed E-state index contributed by atoms with van der Waals surface area (Å²) in [6, 6.07) is 8.04. The van der Waals surface area contributed by atoms with Gasteiger partial charge in [0.05, 0.1) is 12.6 Å². The van der Waals surface area contributed by atoms with E-state index in [4.69, 9.17) is 0 Å². The first-order valence-electron chi connectivity index (χ1n) is 6.78. The standard InChI is InChI=1S/C15H22N2O2/c1-11-5-3-4-6-13(11)7-16-15(19)10-17-8-12(2)14(18)9-17/h3-6,12,14,18H,7-10H2,1-2H3,(H,16,19)/t12-,14+/m0/s1. The highest BCUT2D eigenvalue weighted by molar-refractivity contribution is 5.78. The van der Waals surface area contributed by atoms with Crippen LogP contribution in [0.5, 0.6) is 0 Å². The lowest BCUT2D eigenvalue weighted by molar-refractivity contribution is -0.122. The number of rotatable bonds is 4. The summed E-state index contributed by atoms with van der Waals surface area (Å²) < 4.78 is 0. The van der Waals surface area contributed by atoms with E-state index in [1.807, 2.05) is 43.0 Å². The molecule has 2 N–H and O–H groups in total. The molecular formula is C15H22N2O2. The minimum Gasteiger partial charge on any atom is -0.391 e. The molecule has 1 fully saturated rings. The zero-order chi connectivity index (χ0) is 13.8. The summed E-state index contributed by atoms with van der Waals surface area (Å²) in [6.07, 6.45) is -0.302. The van der Waals surface area contributed by atoms with Crippen LogP contribution in [-0.2, 0) is 11.3 Å². The third-order valence-electron chi connectivity index (χ3n) is 3.75. The maximum Gasteiger partial charge on any atom is 0.234 e. The van der Waals surface area contributed by atoms with Gasteiger partial charge >= 0.3 is 0 Å². The summed E-state index contributed by atoms with van der Waals surface area (Å²) in [5.41, 5.74) is 2.33. The van der Waals surface area contributed by atoms with Gasteiger partial charge in [0.15, 0.2) is 0 Å². The Hall–Kier alpha value is -1.39. The van der Waals surface area contributed by atoms with Gasteiger partial charge in [0.25, 0.3) is 0 Å². The quantitative estimate of drug-likeness (QED) is 0.848. The predicted octanol–water partition coefficient (Wildman–Crippen LogP) is 0.924. The van der Waals surface area contributed by atoms with Crippen LogP contribution in [0.25, 0.3) is 0 Å². The van der Waals surface area contributed by atoms with E-state index in [-0.39, 0.29) is 17.9 Å². The molecule has 0 aromatic heterocycles. The Labute approximate surface area is 114 Å². The molecule has 0 saturated carbocycles. The molecule has 1 aromatic carbocycles. The molecule has 1 aliphatic heterocycles. The topological polar surface area (TPSA) is 52.6 Å². The van der Waals surface area contributed by atoms with Crippen molar-refractivity contribution in [3.8, 4) is 0 Å². The van der Waals surface area contributed by atoms with Crippen molar-refractivity contribution < 1.29 is 9.90 Å². The highest BCUT2D eigenvalue weighted by Crippen LogP contribution is 2.15. The van der Waals surface area contributed by atoms with Crippen LogP contribution in [0.2, 0.25) is 0 Å². The number of benzene rings is 1. The Morgan fingerprint density at radius 3 is 2.79 bits per heavy atom. The van der Waals surface area contributed by atoms with Crippen LogP contribution in [0, 0.1) is 12.8 Å². The fourth-order valence-electron chi connectivity index (χ4n) is 2.44. The number of carbonyl (C=O) groups excluding carboxylic acids is 1. The largest absolute Gasteiger partial charge is 0.391 e. The van der Waals surface area contributed by atoms with E-state index in [0.717, 1.165) is 12.1 Å². The number of aliphatic hydroxyl groups excluding tert-OH is 1. The molecule has 1 heterocycles. The molecule has 1 aromatic rings. The van der Waals surface area contributed by atoms with E-state index in [2.05, 4.69) is 5.32 Å². The molecule has 1 amide bonds. The SMILES string of the molecule is Cc1ccccc1CNC(=O)CN1C[C@@H](O)[C@@H](C)C1. The molecule has 0 spiro atoms. The molecule has 4 heteroatoms. The van der Waals surface area contributed by atoms with Gasteiger partial charge in [-0.3, -0.25) is 9.69 Å². The lowest BCUT2D eigenvalue weighted by Crippen LogP contribution is -2.36. The maximum absolute atomic E-state index is 11.9. The Bertz CT molecular complexity index is 438. The number of likely N-dealkylation sites (tertiary alicyclic amines) is 1. The van der Waals surface area contributed by atoms with E-state index in [1.54, 1.807) is 0 Å². The maximum atomic E-state index is 11.9. The van der Waals surface area contributed by atoms with Gasteiger partial charge in [-0.05, 0) is 24.0 Å². The highest BCUT2D eigenvalue weighted by Gasteiger charge is 2.28. The lowest BCUT2D eigenvalue weighted by Gasteiger charge is -2.15. The second-order valence-corrected chi connectivity index (χ2v) is 5.44. The summed E-state index contributed by atoms with van der Waals surface area (Å²) in [7, 11) is 0. The van der Waals surface area contributed by atoms with E-state index >= 15 is 0 Å². The number of hydrogen-bond acceptors (Lipinski definition) is 3. The monoisotopic (exact) mass is 262 g/mol. The fourth-order valence-corrected chi connectivity index (χ4v) is 2.44. The predicted molar refractivity (Wildman–Crippen MR) is 74.6 cm³/mol. The van der Waals surface area contributed by atoms with E-state index in [0.29, 0.717) is 19.6 Å². The average molecular weight is 262 g/mol. The molecule has 0 bridgehead atoms. The number of carbonyl (C=O) groups is 1. The van der Waals surface area contributed by atoms with Gasteiger partial charge in [-0.15, -0.1) is 0 Å². The number of hydrogen-bond donors (Lipinski definition) is 2. The van der Waals surface area contributed by atoms with Gasteiger partial charge in [0.2, 0.25) is 5.91 Å².